The SMILES string of the molecule is O=S(=O)(O)C[C](CCO)CCCCO. The molecule has 5 nitrogen and oxygen atoms in total. The molecule has 6 heteroatoms. The number of aliphatic hydroxyl groups is 2. The van der Waals surface area contributed by atoms with Crippen molar-refractivity contribution in [3.05, 3.63) is 5.92 Å². The van der Waals surface area contributed by atoms with Crippen LogP contribution in [0, 0.1) is 5.92 Å². The Morgan fingerprint density at radius 2 is 1.64 bits per heavy atom. The summed E-state index contributed by atoms with van der Waals surface area (Å²) in [5, 5.41) is 17.2. The van der Waals surface area contributed by atoms with E-state index in [1.807, 2.05) is 0 Å². The molecule has 0 saturated carbocycles. The zero-order chi connectivity index (χ0) is 11.0. The summed E-state index contributed by atoms with van der Waals surface area (Å²) in [5.74, 6) is 0.211. The molecule has 0 saturated heterocycles. The standard InChI is InChI=1S/C8H17O5S/c9-5-2-1-3-8(4-6-10)7-14(11,12)13/h9-10H,1-7H2,(H,11,12,13). The highest BCUT2D eigenvalue weighted by atomic mass is 32.2. The van der Waals surface area contributed by atoms with Crippen molar-refractivity contribution >= 4 is 10.1 Å². The lowest BCUT2D eigenvalue weighted by Crippen LogP contribution is -2.15. The molecule has 0 aliphatic carbocycles. The van der Waals surface area contributed by atoms with Gasteiger partial charge in [-0.3, -0.25) is 4.55 Å². The minimum Gasteiger partial charge on any atom is -0.396 e. The molecule has 0 heterocycles. The normalized spacial score (nSPS) is 12.3. The first-order chi connectivity index (χ1) is 6.49. The summed E-state index contributed by atoms with van der Waals surface area (Å²) in [6.45, 7) is -0.0533. The quantitative estimate of drug-likeness (QED) is 0.399. The van der Waals surface area contributed by atoms with E-state index in [2.05, 4.69) is 0 Å². The van der Waals surface area contributed by atoms with Gasteiger partial charge in [-0.15, -0.1) is 0 Å². The molecule has 1 radical (unpaired) electrons. The molecule has 3 N–H and O–H groups in total. The smallest absolute Gasteiger partial charge is 0.265 e. The first kappa shape index (κ1) is 13.8. The maximum atomic E-state index is 10.6. The Balaban J connectivity index is 3.89. The first-order valence-electron chi connectivity index (χ1n) is 4.50. The topological polar surface area (TPSA) is 94.8 Å². The van der Waals surface area contributed by atoms with E-state index in [1.54, 1.807) is 0 Å². The number of hydrogen-bond acceptors (Lipinski definition) is 4. The predicted molar refractivity (Wildman–Crippen MR) is 52.3 cm³/mol. The summed E-state index contributed by atoms with van der Waals surface area (Å²) in [7, 11) is -3.99. The van der Waals surface area contributed by atoms with Gasteiger partial charge in [-0.25, -0.2) is 0 Å². The molecular weight excluding hydrogens is 208 g/mol. The summed E-state index contributed by atoms with van der Waals surface area (Å²) in [4.78, 5) is 0. The van der Waals surface area contributed by atoms with Crippen molar-refractivity contribution in [1.82, 2.24) is 0 Å². The van der Waals surface area contributed by atoms with Gasteiger partial charge in [-0.05, 0) is 25.2 Å². The van der Waals surface area contributed by atoms with Crippen LogP contribution in [0.4, 0.5) is 0 Å². The second-order valence-corrected chi connectivity index (χ2v) is 4.58. The fraction of sp³-hybridized carbons (Fsp3) is 0.875. The van der Waals surface area contributed by atoms with Crippen LogP contribution in [0.2, 0.25) is 0 Å². The summed E-state index contributed by atoms with van der Waals surface area (Å²) >= 11 is 0. The van der Waals surface area contributed by atoms with Crippen molar-refractivity contribution in [2.75, 3.05) is 19.0 Å². The summed E-state index contributed by atoms with van der Waals surface area (Å²) in [6.07, 6.45) is 2.06. The van der Waals surface area contributed by atoms with E-state index in [9.17, 15) is 8.42 Å². The van der Waals surface area contributed by atoms with Crippen LogP contribution < -0.4 is 0 Å². The van der Waals surface area contributed by atoms with Crippen LogP contribution in [-0.4, -0.2) is 42.2 Å². The molecule has 0 spiro atoms. The van der Waals surface area contributed by atoms with Crippen molar-refractivity contribution in [3.63, 3.8) is 0 Å². The van der Waals surface area contributed by atoms with E-state index in [0.29, 0.717) is 25.2 Å². The molecular formula is C8H17O5S. The molecule has 85 valence electrons. The van der Waals surface area contributed by atoms with Crippen LogP contribution in [0.15, 0.2) is 0 Å². The molecule has 0 unspecified atom stereocenters. The maximum absolute atomic E-state index is 10.6. The number of rotatable bonds is 8. The molecule has 0 aromatic carbocycles. The van der Waals surface area contributed by atoms with E-state index in [1.165, 1.54) is 0 Å². The lowest BCUT2D eigenvalue weighted by molar-refractivity contribution is 0.277. The van der Waals surface area contributed by atoms with Crippen LogP contribution >= 0.6 is 0 Å². The molecule has 0 rings (SSSR count). The molecule has 0 amide bonds. The van der Waals surface area contributed by atoms with E-state index in [4.69, 9.17) is 14.8 Å². The predicted octanol–water partition coefficient (Wildman–Crippen LogP) is -0.00631. The third-order valence-electron chi connectivity index (χ3n) is 1.79. The van der Waals surface area contributed by atoms with Gasteiger partial charge in [-0.1, -0.05) is 6.42 Å². The van der Waals surface area contributed by atoms with Crippen LogP contribution in [0.25, 0.3) is 0 Å². The van der Waals surface area contributed by atoms with E-state index < -0.39 is 10.1 Å². The Labute approximate surface area is 84.5 Å². The van der Waals surface area contributed by atoms with Crippen LogP contribution in [-0.2, 0) is 10.1 Å². The monoisotopic (exact) mass is 225 g/mol. The Kier molecular flexibility index (Phi) is 7.08. The minimum atomic E-state index is -3.99. The fourth-order valence-electron chi connectivity index (χ4n) is 1.17. The lowest BCUT2D eigenvalue weighted by Gasteiger charge is -2.12. The summed E-state index contributed by atoms with van der Waals surface area (Å²) in [6, 6.07) is 0. The average molecular weight is 225 g/mol. The van der Waals surface area contributed by atoms with Crippen LogP contribution in [0.3, 0.4) is 0 Å². The Morgan fingerprint density at radius 1 is 1.00 bits per heavy atom. The molecule has 0 atom stereocenters. The van der Waals surface area contributed by atoms with Crippen LogP contribution in [0.5, 0.6) is 0 Å². The Hall–Kier alpha value is -0.170. The highest BCUT2D eigenvalue weighted by Crippen LogP contribution is 2.16. The van der Waals surface area contributed by atoms with E-state index >= 15 is 0 Å². The third kappa shape index (κ3) is 8.43. The van der Waals surface area contributed by atoms with Crippen LogP contribution in [0.1, 0.15) is 25.7 Å². The van der Waals surface area contributed by atoms with E-state index in [0.717, 1.165) is 0 Å². The van der Waals surface area contributed by atoms with Crippen molar-refractivity contribution in [2.24, 2.45) is 0 Å². The third-order valence-corrected chi connectivity index (χ3v) is 2.56. The summed E-state index contributed by atoms with van der Waals surface area (Å²) in [5.41, 5.74) is 0. The fourth-order valence-corrected chi connectivity index (χ4v) is 1.98. The van der Waals surface area contributed by atoms with Gasteiger partial charge in [0, 0.05) is 13.2 Å². The highest BCUT2D eigenvalue weighted by molar-refractivity contribution is 7.85. The summed E-state index contributed by atoms with van der Waals surface area (Å²) < 4.78 is 29.7. The van der Waals surface area contributed by atoms with Gasteiger partial charge < -0.3 is 10.2 Å². The largest absolute Gasteiger partial charge is 0.396 e. The Morgan fingerprint density at radius 3 is 2.07 bits per heavy atom. The second kappa shape index (κ2) is 7.17. The molecule has 0 aliphatic heterocycles. The zero-order valence-corrected chi connectivity index (χ0v) is 8.83. The molecule has 0 aliphatic rings. The van der Waals surface area contributed by atoms with Gasteiger partial charge in [0.05, 0.1) is 5.75 Å². The van der Waals surface area contributed by atoms with E-state index in [-0.39, 0.29) is 25.4 Å². The van der Waals surface area contributed by atoms with Crippen molar-refractivity contribution < 1.29 is 23.2 Å². The average Bonchev–Trinajstić information content (AvgIpc) is 2.02. The molecule has 0 aromatic rings. The van der Waals surface area contributed by atoms with Crippen molar-refractivity contribution in [1.29, 1.82) is 0 Å². The van der Waals surface area contributed by atoms with Gasteiger partial charge in [0.2, 0.25) is 0 Å². The molecule has 0 aromatic heterocycles. The number of aliphatic hydroxyl groups excluding tert-OH is 2. The Bertz CT molecular complexity index is 224. The number of hydrogen-bond donors (Lipinski definition) is 3. The zero-order valence-electron chi connectivity index (χ0n) is 8.02. The van der Waals surface area contributed by atoms with Gasteiger partial charge in [0.1, 0.15) is 0 Å². The van der Waals surface area contributed by atoms with Crippen molar-refractivity contribution in [2.45, 2.75) is 25.7 Å². The molecule has 0 fully saturated rings. The molecule has 0 bridgehead atoms. The number of unbranched alkanes of at least 4 members (excludes halogenated alkanes) is 1. The highest BCUT2D eigenvalue weighted by Gasteiger charge is 2.16. The minimum absolute atomic E-state index is 0.0677. The van der Waals surface area contributed by atoms with Gasteiger partial charge >= 0.3 is 0 Å². The van der Waals surface area contributed by atoms with Gasteiger partial charge in [0.15, 0.2) is 0 Å². The lowest BCUT2D eigenvalue weighted by atomic mass is 10.0. The van der Waals surface area contributed by atoms with Gasteiger partial charge in [-0.2, -0.15) is 8.42 Å². The molecule has 14 heavy (non-hydrogen) atoms. The first-order valence-corrected chi connectivity index (χ1v) is 6.11. The second-order valence-electron chi connectivity index (χ2n) is 3.13. The maximum Gasteiger partial charge on any atom is 0.265 e. The van der Waals surface area contributed by atoms with Gasteiger partial charge in [0.25, 0.3) is 10.1 Å². The van der Waals surface area contributed by atoms with Crippen molar-refractivity contribution in [3.8, 4) is 0 Å².